The minimum Gasteiger partial charge on any atom is -0.493 e. The molecule has 1 aliphatic heterocycles. The zero-order valence-corrected chi connectivity index (χ0v) is 25.2. The lowest BCUT2D eigenvalue weighted by atomic mass is 9.71. The van der Waals surface area contributed by atoms with Gasteiger partial charge >= 0.3 is 5.97 Å². The first-order valence-electron chi connectivity index (χ1n) is 14.4. The van der Waals surface area contributed by atoms with E-state index in [1.165, 1.54) is 0 Å². The zero-order chi connectivity index (χ0) is 29.5. The van der Waals surface area contributed by atoms with Gasteiger partial charge in [0.05, 0.1) is 12.7 Å². The second-order valence-corrected chi connectivity index (χ2v) is 11.8. The van der Waals surface area contributed by atoms with Crippen LogP contribution in [0.2, 0.25) is 0 Å². The summed E-state index contributed by atoms with van der Waals surface area (Å²) in [4.78, 5) is 27.5. The molecule has 0 bridgehead atoms. The Bertz CT molecular complexity index is 1480. The van der Waals surface area contributed by atoms with Crippen LogP contribution in [0.3, 0.4) is 0 Å². The molecule has 0 spiro atoms. The number of allylic oxidation sites excluding steroid dienone is 3. The van der Waals surface area contributed by atoms with Crippen molar-refractivity contribution >= 4 is 23.5 Å². The fourth-order valence-electron chi connectivity index (χ4n) is 5.74. The van der Waals surface area contributed by atoms with Crippen molar-refractivity contribution in [1.82, 2.24) is 5.32 Å². The molecule has 0 saturated heterocycles. The summed E-state index contributed by atoms with van der Waals surface area (Å²) >= 11 is 1.72. The highest BCUT2D eigenvalue weighted by Gasteiger charge is 2.41. The number of benzene rings is 3. The Morgan fingerprint density at radius 3 is 2.40 bits per heavy atom. The van der Waals surface area contributed by atoms with E-state index in [9.17, 15) is 9.59 Å². The predicted octanol–water partition coefficient (Wildman–Crippen LogP) is 6.93. The van der Waals surface area contributed by atoms with E-state index in [1.54, 1.807) is 18.9 Å². The van der Waals surface area contributed by atoms with Crippen molar-refractivity contribution in [3.63, 3.8) is 0 Å². The van der Waals surface area contributed by atoms with Gasteiger partial charge in [-0.3, -0.25) is 4.79 Å². The largest absolute Gasteiger partial charge is 0.493 e. The van der Waals surface area contributed by atoms with Gasteiger partial charge in [-0.15, -0.1) is 0 Å². The molecule has 0 amide bonds. The number of esters is 1. The Morgan fingerprint density at radius 1 is 0.952 bits per heavy atom. The van der Waals surface area contributed by atoms with Crippen LogP contribution in [0.25, 0.3) is 0 Å². The topological polar surface area (TPSA) is 73.9 Å². The van der Waals surface area contributed by atoms with Gasteiger partial charge in [-0.2, -0.15) is 11.8 Å². The number of Topliss-reactive ketones (excluding diaryl/α,β-unsaturated/α-hetero) is 1. The summed E-state index contributed by atoms with van der Waals surface area (Å²) in [6.07, 6.45) is 1.06. The molecular weight excluding hydrogens is 546 g/mol. The van der Waals surface area contributed by atoms with Crippen LogP contribution < -0.4 is 14.8 Å². The van der Waals surface area contributed by atoms with Gasteiger partial charge in [-0.25, -0.2) is 4.79 Å². The summed E-state index contributed by atoms with van der Waals surface area (Å²) in [6, 6.07) is 25.7. The molecule has 5 rings (SSSR count). The molecule has 1 aliphatic carbocycles. The third kappa shape index (κ3) is 6.57. The van der Waals surface area contributed by atoms with Crippen LogP contribution >= 0.6 is 11.8 Å². The van der Waals surface area contributed by atoms with Crippen LogP contribution in [0.5, 0.6) is 11.5 Å². The van der Waals surface area contributed by atoms with Crippen molar-refractivity contribution in [3.05, 3.63) is 118 Å². The van der Waals surface area contributed by atoms with Crippen molar-refractivity contribution in [2.75, 3.05) is 25.2 Å². The first-order valence-corrected chi connectivity index (χ1v) is 15.5. The monoisotopic (exact) mass is 583 g/mol. The number of rotatable bonds is 11. The number of dihydropyridines is 1. The molecule has 42 heavy (non-hydrogen) atoms. The maximum Gasteiger partial charge on any atom is 0.336 e. The van der Waals surface area contributed by atoms with E-state index in [1.807, 2.05) is 73.7 Å². The molecule has 0 aromatic heterocycles. The summed E-state index contributed by atoms with van der Waals surface area (Å²) in [5.41, 5.74) is 5.62. The van der Waals surface area contributed by atoms with E-state index in [2.05, 4.69) is 24.4 Å². The van der Waals surface area contributed by atoms with Gasteiger partial charge < -0.3 is 19.5 Å². The molecule has 3 aromatic rings. The third-order valence-corrected chi connectivity index (χ3v) is 8.61. The molecular formula is C35H37NO5S. The Kier molecular flexibility index (Phi) is 9.70. The molecule has 218 valence electrons. The quantitative estimate of drug-likeness (QED) is 0.194. The average molecular weight is 584 g/mol. The van der Waals surface area contributed by atoms with Gasteiger partial charge in [0.25, 0.3) is 0 Å². The van der Waals surface area contributed by atoms with Crippen molar-refractivity contribution < 1.29 is 23.8 Å². The minimum atomic E-state index is -0.575. The van der Waals surface area contributed by atoms with E-state index in [-0.39, 0.29) is 11.7 Å². The van der Waals surface area contributed by atoms with E-state index < -0.39 is 11.9 Å². The van der Waals surface area contributed by atoms with Gasteiger partial charge in [0.1, 0.15) is 13.2 Å². The highest BCUT2D eigenvalue weighted by molar-refractivity contribution is 7.99. The molecule has 7 heteroatoms. The maximum absolute atomic E-state index is 13.9. The van der Waals surface area contributed by atoms with E-state index >= 15 is 0 Å². The van der Waals surface area contributed by atoms with Crippen LogP contribution in [0.15, 0.2) is 101 Å². The molecule has 0 unspecified atom stereocenters. The standard InChI is InChI=1S/C35H37NO5S/c1-4-42-18-17-40-35(38)32-23(2)36-28-19-27(25-13-9-6-10-14-25)20-29(37)34(28)33(32)26-15-16-30(31(21-26)39-3)41-22-24-11-7-5-8-12-24/h5-16,21,27,33,36H,4,17-20,22H2,1-3H3/t27-,33-/m0/s1. The molecule has 2 aliphatic rings. The summed E-state index contributed by atoms with van der Waals surface area (Å²) in [6.45, 7) is 4.67. The first kappa shape index (κ1) is 29.5. The van der Waals surface area contributed by atoms with Gasteiger partial charge in [0.15, 0.2) is 17.3 Å². The lowest BCUT2D eigenvalue weighted by Crippen LogP contribution is -2.36. The lowest BCUT2D eigenvalue weighted by molar-refractivity contribution is -0.138. The smallest absolute Gasteiger partial charge is 0.336 e. The molecule has 1 N–H and O–H groups in total. The number of ketones is 1. The van der Waals surface area contributed by atoms with Crippen LogP contribution in [0, 0.1) is 0 Å². The molecule has 0 fully saturated rings. The second-order valence-electron chi connectivity index (χ2n) is 10.4. The number of methoxy groups -OCH3 is 1. The highest BCUT2D eigenvalue weighted by Crippen LogP contribution is 2.47. The fraction of sp³-hybridized carbons (Fsp3) is 0.314. The van der Waals surface area contributed by atoms with Crippen LogP contribution in [-0.4, -0.2) is 37.0 Å². The number of ether oxygens (including phenoxy) is 3. The van der Waals surface area contributed by atoms with E-state index in [4.69, 9.17) is 14.2 Å². The summed E-state index contributed by atoms with van der Waals surface area (Å²) in [5.74, 6) is 1.93. The zero-order valence-electron chi connectivity index (χ0n) is 24.4. The first-order chi connectivity index (χ1) is 20.5. The van der Waals surface area contributed by atoms with E-state index in [0.29, 0.717) is 54.4 Å². The van der Waals surface area contributed by atoms with Crippen molar-refractivity contribution in [3.8, 4) is 11.5 Å². The number of carbonyl (C=O) groups is 2. The Balaban J connectivity index is 1.50. The molecule has 0 radical (unpaired) electrons. The maximum atomic E-state index is 13.9. The number of hydrogen-bond acceptors (Lipinski definition) is 7. The molecule has 2 atom stereocenters. The number of carbonyl (C=O) groups excluding carboxylic acids is 2. The van der Waals surface area contributed by atoms with Gasteiger partial charge in [0.2, 0.25) is 0 Å². The Morgan fingerprint density at radius 2 is 1.69 bits per heavy atom. The summed E-state index contributed by atoms with van der Waals surface area (Å²) < 4.78 is 17.6. The summed E-state index contributed by atoms with van der Waals surface area (Å²) in [5, 5.41) is 3.44. The Hall–Kier alpha value is -3.97. The number of hydrogen-bond donors (Lipinski definition) is 1. The van der Waals surface area contributed by atoms with Crippen molar-refractivity contribution in [2.45, 2.75) is 45.1 Å². The van der Waals surface area contributed by atoms with Gasteiger partial charge in [0, 0.05) is 35.1 Å². The molecule has 6 nitrogen and oxygen atoms in total. The van der Waals surface area contributed by atoms with Crippen molar-refractivity contribution in [1.29, 1.82) is 0 Å². The molecule has 1 heterocycles. The predicted molar refractivity (Wildman–Crippen MR) is 167 cm³/mol. The Labute approximate surface area is 252 Å². The van der Waals surface area contributed by atoms with Crippen LogP contribution in [0.4, 0.5) is 0 Å². The van der Waals surface area contributed by atoms with Gasteiger partial charge in [-0.1, -0.05) is 73.7 Å². The van der Waals surface area contributed by atoms with Crippen LogP contribution in [-0.2, 0) is 20.9 Å². The van der Waals surface area contributed by atoms with Crippen molar-refractivity contribution in [2.24, 2.45) is 0 Å². The second kappa shape index (κ2) is 13.8. The molecule has 0 saturated carbocycles. The summed E-state index contributed by atoms with van der Waals surface area (Å²) in [7, 11) is 1.60. The minimum absolute atomic E-state index is 0.0327. The highest BCUT2D eigenvalue weighted by atomic mass is 32.2. The average Bonchev–Trinajstić information content (AvgIpc) is 3.02. The third-order valence-electron chi connectivity index (χ3n) is 7.74. The van der Waals surface area contributed by atoms with E-state index in [0.717, 1.165) is 33.9 Å². The lowest BCUT2D eigenvalue weighted by Gasteiger charge is -2.37. The number of thioether (sulfide) groups is 1. The SMILES string of the molecule is CCSCCOC(=O)C1=C(C)NC2=C(C(=O)C[C@@H](c3ccccc3)C2)[C@H]1c1ccc(OCc2ccccc2)c(OC)c1. The van der Waals surface area contributed by atoms with Gasteiger partial charge in [-0.05, 0) is 53.8 Å². The number of nitrogens with one attached hydrogen (secondary N) is 1. The normalized spacial score (nSPS) is 18.3. The molecule has 3 aromatic carbocycles. The van der Waals surface area contributed by atoms with Crippen LogP contribution in [0.1, 0.15) is 55.2 Å². The fourth-order valence-corrected chi connectivity index (χ4v) is 6.23.